The van der Waals surface area contributed by atoms with Gasteiger partial charge in [-0.05, 0) is 18.9 Å². The largest absolute Gasteiger partial charge is 0.364 e. The Kier molecular flexibility index (Phi) is 3.36. The van der Waals surface area contributed by atoms with E-state index in [1.165, 1.54) is 10.7 Å². The van der Waals surface area contributed by atoms with Crippen LogP contribution in [-0.4, -0.2) is 43.7 Å². The lowest BCUT2D eigenvalue weighted by molar-refractivity contribution is 0.0995. The first kappa shape index (κ1) is 13.2. The van der Waals surface area contributed by atoms with Crippen molar-refractivity contribution in [2.75, 3.05) is 23.4 Å². The molecule has 3 heterocycles. The van der Waals surface area contributed by atoms with Crippen LogP contribution < -0.4 is 21.9 Å². The third-order valence-corrected chi connectivity index (χ3v) is 3.18. The Morgan fingerprint density at radius 3 is 2.52 bits per heavy atom. The minimum Gasteiger partial charge on any atom is -0.364 e. The predicted octanol–water partition coefficient (Wildman–Crippen LogP) is -0.958. The van der Waals surface area contributed by atoms with Gasteiger partial charge in [-0.15, -0.1) is 0 Å². The topological polar surface area (TPSA) is 141 Å². The van der Waals surface area contributed by atoms with Gasteiger partial charge in [0.25, 0.3) is 11.9 Å². The highest BCUT2D eigenvalue weighted by Crippen LogP contribution is 2.17. The lowest BCUT2D eigenvalue weighted by atomic mass is 10.4. The Bertz CT molecular complexity index is 661. The molecule has 1 saturated heterocycles. The normalized spacial score (nSPS) is 14.4. The molecule has 0 radical (unpaired) electrons. The molecule has 3 rings (SSSR count). The molecule has 21 heavy (non-hydrogen) atoms. The van der Waals surface area contributed by atoms with E-state index in [9.17, 15) is 4.79 Å². The number of hydrogen-bond acceptors (Lipinski definition) is 8. The molecule has 0 aromatic carbocycles. The summed E-state index contributed by atoms with van der Waals surface area (Å²) in [6.07, 6.45) is 3.75. The average Bonchev–Trinajstić information content (AvgIpc) is 3.18. The van der Waals surface area contributed by atoms with E-state index in [1.54, 1.807) is 6.20 Å². The van der Waals surface area contributed by atoms with Crippen molar-refractivity contribution in [3.8, 4) is 5.95 Å². The molecule has 0 spiro atoms. The van der Waals surface area contributed by atoms with E-state index in [0.717, 1.165) is 25.9 Å². The number of carbonyl (C=O) groups is 1. The lowest BCUT2D eigenvalue weighted by Crippen LogP contribution is -2.23. The first-order valence-corrected chi connectivity index (χ1v) is 6.51. The molecule has 10 heteroatoms. The number of aromatic nitrogens is 5. The van der Waals surface area contributed by atoms with E-state index in [2.05, 4.69) is 25.5 Å². The zero-order valence-electron chi connectivity index (χ0n) is 11.2. The fourth-order valence-corrected chi connectivity index (χ4v) is 2.15. The van der Waals surface area contributed by atoms with Gasteiger partial charge in [-0.3, -0.25) is 10.2 Å². The first-order valence-electron chi connectivity index (χ1n) is 6.51. The molecule has 0 bridgehead atoms. The van der Waals surface area contributed by atoms with Crippen LogP contribution in [0.5, 0.6) is 0 Å². The third-order valence-electron chi connectivity index (χ3n) is 3.18. The minimum absolute atomic E-state index is 0.139. The standard InChI is InChI=1S/C11H15N9O/c12-8(21)7-3-6-20(18-7)11-15-9(17-13)14-10(16-11)19-4-1-2-5-19/h3,6H,1-2,4-5,13H2,(H2,12,21)(H,14,15,16,17). The molecular weight excluding hydrogens is 274 g/mol. The molecule has 1 fully saturated rings. The molecule has 5 N–H and O–H groups in total. The molecule has 0 atom stereocenters. The lowest BCUT2D eigenvalue weighted by Gasteiger charge is -2.16. The number of nitrogens with one attached hydrogen (secondary N) is 1. The number of anilines is 2. The molecule has 10 nitrogen and oxygen atoms in total. The molecule has 110 valence electrons. The van der Waals surface area contributed by atoms with Crippen molar-refractivity contribution in [1.82, 2.24) is 24.7 Å². The van der Waals surface area contributed by atoms with Crippen LogP contribution in [0, 0.1) is 0 Å². The summed E-state index contributed by atoms with van der Waals surface area (Å²) in [5, 5.41) is 4.03. The van der Waals surface area contributed by atoms with Crippen LogP contribution in [0.4, 0.5) is 11.9 Å². The van der Waals surface area contributed by atoms with Gasteiger partial charge >= 0.3 is 0 Å². The van der Waals surface area contributed by atoms with Gasteiger partial charge in [0.15, 0.2) is 0 Å². The number of carbonyl (C=O) groups excluding carboxylic acids is 1. The van der Waals surface area contributed by atoms with Gasteiger partial charge in [-0.25, -0.2) is 10.5 Å². The van der Waals surface area contributed by atoms with Crippen molar-refractivity contribution >= 4 is 17.8 Å². The quantitative estimate of drug-likeness (QED) is 0.483. The number of nitrogens with zero attached hydrogens (tertiary/aromatic N) is 6. The predicted molar refractivity (Wildman–Crippen MR) is 74.7 cm³/mol. The third kappa shape index (κ3) is 2.60. The van der Waals surface area contributed by atoms with Crippen LogP contribution in [0.1, 0.15) is 23.3 Å². The molecule has 1 amide bonds. The number of hydrazine groups is 1. The number of primary amides is 1. The number of amides is 1. The van der Waals surface area contributed by atoms with Crippen LogP contribution in [0.25, 0.3) is 5.95 Å². The van der Waals surface area contributed by atoms with Gasteiger partial charge in [-0.1, -0.05) is 0 Å². The fraction of sp³-hybridized carbons (Fsp3) is 0.364. The molecule has 0 saturated carbocycles. The summed E-state index contributed by atoms with van der Waals surface area (Å²) in [7, 11) is 0. The van der Waals surface area contributed by atoms with Crippen LogP contribution in [0.15, 0.2) is 12.3 Å². The number of nitrogens with two attached hydrogens (primary N) is 2. The number of rotatable bonds is 4. The molecule has 0 unspecified atom stereocenters. The highest BCUT2D eigenvalue weighted by atomic mass is 16.1. The fourth-order valence-electron chi connectivity index (χ4n) is 2.15. The molecule has 2 aromatic heterocycles. The van der Waals surface area contributed by atoms with Gasteiger partial charge < -0.3 is 10.6 Å². The minimum atomic E-state index is -0.611. The summed E-state index contributed by atoms with van der Waals surface area (Å²) < 4.78 is 1.36. The van der Waals surface area contributed by atoms with E-state index in [4.69, 9.17) is 11.6 Å². The van der Waals surface area contributed by atoms with E-state index in [-0.39, 0.29) is 17.6 Å². The van der Waals surface area contributed by atoms with Crippen LogP contribution in [0.2, 0.25) is 0 Å². The first-order chi connectivity index (χ1) is 10.2. The zero-order chi connectivity index (χ0) is 14.8. The summed E-state index contributed by atoms with van der Waals surface area (Å²) in [5.41, 5.74) is 7.73. The van der Waals surface area contributed by atoms with Crippen molar-refractivity contribution in [3.05, 3.63) is 18.0 Å². The van der Waals surface area contributed by atoms with Gasteiger partial charge in [0.05, 0.1) is 0 Å². The maximum atomic E-state index is 11.1. The molecule has 2 aromatic rings. The van der Waals surface area contributed by atoms with E-state index in [1.807, 2.05) is 4.90 Å². The Labute approximate surface area is 120 Å². The van der Waals surface area contributed by atoms with Crippen LogP contribution in [0.3, 0.4) is 0 Å². The highest BCUT2D eigenvalue weighted by molar-refractivity contribution is 5.90. The second-order valence-corrected chi connectivity index (χ2v) is 4.61. The van der Waals surface area contributed by atoms with Gasteiger partial charge in [0.1, 0.15) is 5.69 Å². The van der Waals surface area contributed by atoms with Crippen molar-refractivity contribution in [2.24, 2.45) is 11.6 Å². The van der Waals surface area contributed by atoms with Crippen LogP contribution in [-0.2, 0) is 0 Å². The maximum Gasteiger partial charge on any atom is 0.269 e. The zero-order valence-corrected chi connectivity index (χ0v) is 11.2. The van der Waals surface area contributed by atoms with E-state index < -0.39 is 5.91 Å². The van der Waals surface area contributed by atoms with Crippen molar-refractivity contribution in [3.63, 3.8) is 0 Å². The van der Waals surface area contributed by atoms with Crippen molar-refractivity contribution in [1.29, 1.82) is 0 Å². The number of hydrogen-bond donors (Lipinski definition) is 3. The molecule has 1 aliphatic heterocycles. The van der Waals surface area contributed by atoms with Gasteiger partial charge in [-0.2, -0.15) is 20.1 Å². The van der Waals surface area contributed by atoms with Gasteiger partial charge in [0, 0.05) is 19.3 Å². The van der Waals surface area contributed by atoms with Crippen LogP contribution >= 0.6 is 0 Å². The average molecular weight is 289 g/mol. The smallest absolute Gasteiger partial charge is 0.269 e. The van der Waals surface area contributed by atoms with E-state index in [0.29, 0.717) is 5.95 Å². The summed E-state index contributed by atoms with van der Waals surface area (Å²) in [6.45, 7) is 1.78. The summed E-state index contributed by atoms with van der Waals surface area (Å²) >= 11 is 0. The Morgan fingerprint density at radius 1 is 1.19 bits per heavy atom. The Balaban J connectivity index is 1.99. The maximum absolute atomic E-state index is 11.1. The SMILES string of the molecule is NNc1nc(N2CCCC2)nc(-n2ccc(C(N)=O)n2)n1. The molecular formula is C11H15N9O. The summed E-state index contributed by atoms with van der Waals surface area (Å²) in [5.74, 6) is 5.82. The van der Waals surface area contributed by atoms with Crippen molar-refractivity contribution in [2.45, 2.75) is 12.8 Å². The monoisotopic (exact) mass is 289 g/mol. The number of nitrogen functional groups attached to an aromatic ring is 1. The van der Waals surface area contributed by atoms with Crippen molar-refractivity contribution < 1.29 is 4.79 Å². The molecule has 0 aliphatic carbocycles. The summed E-state index contributed by atoms with van der Waals surface area (Å²) in [6, 6.07) is 1.50. The van der Waals surface area contributed by atoms with E-state index >= 15 is 0 Å². The highest BCUT2D eigenvalue weighted by Gasteiger charge is 2.18. The van der Waals surface area contributed by atoms with Gasteiger partial charge in [0.2, 0.25) is 11.9 Å². The second-order valence-electron chi connectivity index (χ2n) is 4.61. The summed E-state index contributed by atoms with van der Waals surface area (Å²) in [4.78, 5) is 25.9. The Hall–Kier alpha value is -2.75. The second kappa shape index (κ2) is 5.32. The molecule has 1 aliphatic rings. The Morgan fingerprint density at radius 2 is 1.90 bits per heavy atom.